The van der Waals surface area contributed by atoms with Crippen molar-refractivity contribution < 1.29 is 39.0 Å². The Morgan fingerprint density at radius 3 is 2.13 bits per heavy atom. The van der Waals surface area contributed by atoms with Gasteiger partial charge in [-0.15, -0.1) is 0 Å². The fourth-order valence-electron chi connectivity index (χ4n) is 0.687. The molecule has 3 atom stereocenters. The summed E-state index contributed by atoms with van der Waals surface area (Å²) in [6, 6.07) is 0. The molecule has 5 N–H and O–H groups in total. The van der Waals surface area contributed by atoms with Gasteiger partial charge in [-0.1, -0.05) is 0 Å². The molecule has 0 aromatic heterocycles. The molecular weight excluding hydrogens is 231 g/mol. The van der Waals surface area contributed by atoms with Gasteiger partial charge in [0.05, 0.1) is 6.10 Å². The Hall–Kier alpha value is -0.340. The minimum Gasteiger partial charge on any atom is -0.391 e. The number of rotatable bonds is 6. The Morgan fingerprint density at radius 1 is 1.33 bits per heavy atom. The minimum absolute atomic E-state index is 1.05. The van der Waals surface area contributed by atoms with E-state index in [1.807, 2.05) is 0 Å². The average molecular weight is 244 g/mol. The molecule has 0 aromatic rings. The van der Waals surface area contributed by atoms with Gasteiger partial charge in [0.15, 0.2) is 5.78 Å². The number of phosphoric acid groups is 1. The van der Waals surface area contributed by atoms with Gasteiger partial charge < -0.3 is 25.1 Å². The SMILES string of the molecule is C[C@@H](O)[C@@H](O)[C@H](O)C(=O)COP(=O)(O)O. The molecule has 9 heteroatoms. The molecule has 0 aliphatic heterocycles. The summed E-state index contributed by atoms with van der Waals surface area (Å²) in [6.45, 7) is 0.0974. The number of hydrogen-bond donors (Lipinski definition) is 5. The second-order valence-electron chi connectivity index (χ2n) is 2.91. The van der Waals surface area contributed by atoms with Crippen LogP contribution in [0.15, 0.2) is 0 Å². The van der Waals surface area contributed by atoms with E-state index in [0.717, 1.165) is 6.92 Å². The van der Waals surface area contributed by atoms with E-state index >= 15 is 0 Å². The highest BCUT2D eigenvalue weighted by molar-refractivity contribution is 7.46. The predicted molar refractivity (Wildman–Crippen MR) is 46.7 cm³/mol. The van der Waals surface area contributed by atoms with Gasteiger partial charge in [0.1, 0.15) is 18.8 Å². The molecule has 0 aromatic carbocycles. The minimum atomic E-state index is -4.79. The van der Waals surface area contributed by atoms with Crippen LogP contribution in [-0.2, 0) is 13.9 Å². The van der Waals surface area contributed by atoms with E-state index in [4.69, 9.17) is 25.1 Å². The van der Waals surface area contributed by atoms with Crippen LogP contribution in [0.1, 0.15) is 6.92 Å². The van der Waals surface area contributed by atoms with Crippen molar-refractivity contribution in [2.45, 2.75) is 25.2 Å². The molecule has 0 spiro atoms. The number of Topliss-reactive ketones (excluding diaryl/α,β-unsaturated/α-hetero) is 1. The third kappa shape index (κ3) is 5.95. The van der Waals surface area contributed by atoms with Crippen molar-refractivity contribution in [1.82, 2.24) is 0 Å². The molecule has 0 heterocycles. The lowest BCUT2D eigenvalue weighted by molar-refractivity contribution is -0.140. The third-order valence-electron chi connectivity index (χ3n) is 1.52. The lowest BCUT2D eigenvalue weighted by Crippen LogP contribution is -2.42. The van der Waals surface area contributed by atoms with Gasteiger partial charge in [-0.25, -0.2) is 4.57 Å². The molecular formula is C6H13O8P. The molecule has 0 unspecified atom stereocenters. The van der Waals surface area contributed by atoms with E-state index in [2.05, 4.69) is 4.52 Å². The number of carbonyl (C=O) groups is 1. The summed E-state index contributed by atoms with van der Waals surface area (Å²) >= 11 is 0. The van der Waals surface area contributed by atoms with Gasteiger partial charge in [-0.05, 0) is 6.92 Å². The molecule has 8 nitrogen and oxygen atoms in total. The number of hydrogen-bond acceptors (Lipinski definition) is 6. The van der Waals surface area contributed by atoms with Crippen LogP contribution < -0.4 is 0 Å². The summed E-state index contributed by atoms with van der Waals surface area (Å²) in [7, 11) is -4.79. The predicted octanol–water partition coefficient (Wildman–Crippen LogP) is -2.23. The van der Waals surface area contributed by atoms with E-state index in [0.29, 0.717) is 0 Å². The summed E-state index contributed by atoms with van der Waals surface area (Å²) < 4.78 is 14.0. The van der Waals surface area contributed by atoms with Crippen LogP contribution in [-0.4, -0.2) is 55.8 Å². The smallest absolute Gasteiger partial charge is 0.391 e. The monoisotopic (exact) mass is 244 g/mol. The summed E-state index contributed by atoms with van der Waals surface area (Å²) in [6.07, 6.45) is -5.02. The normalized spacial score (nSPS) is 18.3. The van der Waals surface area contributed by atoms with Crippen molar-refractivity contribution in [1.29, 1.82) is 0 Å². The molecule has 0 saturated carbocycles. The molecule has 0 fully saturated rings. The zero-order valence-corrected chi connectivity index (χ0v) is 8.74. The topological polar surface area (TPSA) is 145 Å². The van der Waals surface area contributed by atoms with E-state index in [1.165, 1.54) is 0 Å². The standard InChI is InChI=1S/C6H13O8P/c1-3(7)5(9)6(10)4(8)2-14-15(11,12)13/h3,5-7,9-10H,2H2,1H3,(H2,11,12,13)/t3-,5-,6-/m1/s1. The van der Waals surface area contributed by atoms with Crippen LogP contribution in [0, 0.1) is 0 Å². The van der Waals surface area contributed by atoms with Crippen molar-refractivity contribution in [3.63, 3.8) is 0 Å². The maximum atomic E-state index is 10.9. The molecule has 0 rings (SSSR count). The van der Waals surface area contributed by atoms with Crippen molar-refractivity contribution in [2.75, 3.05) is 6.61 Å². The number of carbonyl (C=O) groups excluding carboxylic acids is 1. The van der Waals surface area contributed by atoms with Crippen molar-refractivity contribution in [3.8, 4) is 0 Å². The highest BCUT2D eigenvalue weighted by Gasteiger charge is 2.29. The molecule has 0 amide bonds. The summed E-state index contributed by atoms with van der Waals surface area (Å²) in [5.74, 6) is -1.13. The summed E-state index contributed by atoms with van der Waals surface area (Å²) in [5, 5.41) is 26.9. The second-order valence-corrected chi connectivity index (χ2v) is 4.15. The van der Waals surface area contributed by atoms with E-state index in [9.17, 15) is 9.36 Å². The first-order valence-corrected chi connectivity index (χ1v) is 5.45. The van der Waals surface area contributed by atoms with Gasteiger partial charge >= 0.3 is 7.82 Å². The Labute approximate surface area is 85.4 Å². The maximum Gasteiger partial charge on any atom is 0.470 e. The van der Waals surface area contributed by atoms with Gasteiger partial charge in [0, 0.05) is 0 Å². The molecule has 0 aliphatic rings. The zero-order chi connectivity index (χ0) is 12.2. The molecule has 0 radical (unpaired) electrons. The number of phosphoric ester groups is 1. The first kappa shape index (κ1) is 14.7. The molecule has 0 bridgehead atoms. The zero-order valence-electron chi connectivity index (χ0n) is 7.85. The van der Waals surface area contributed by atoms with Crippen LogP contribution >= 0.6 is 7.82 Å². The Bertz CT molecular complexity index is 258. The second kappa shape index (κ2) is 5.66. The molecule has 90 valence electrons. The van der Waals surface area contributed by atoms with Gasteiger partial charge in [0.25, 0.3) is 0 Å². The van der Waals surface area contributed by atoms with Crippen molar-refractivity contribution in [3.05, 3.63) is 0 Å². The van der Waals surface area contributed by atoms with Gasteiger partial charge in [-0.3, -0.25) is 9.32 Å². The Kier molecular flexibility index (Phi) is 5.54. The number of aliphatic hydroxyl groups excluding tert-OH is 3. The van der Waals surface area contributed by atoms with Crippen LogP contribution in [0.25, 0.3) is 0 Å². The van der Waals surface area contributed by atoms with Crippen molar-refractivity contribution in [2.24, 2.45) is 0 Å². The summed E-state index contributed by atoms with van der Waals surface area (Å²) in [4.78, 5) is 27.4. The molecule has 0 aliphatic carbocycles. The average Bonchev–Trinajstić information content (AvgIpc) is 2.10. The van der Waals surface area contributed by atoms with Crippen LogP contribution in [0.5, 0.6) is 0 Å². The van der Waals surface area contributed by atoms with Gasteiger partial charge in [-0.2, -0.15) is 0 Å². The fraction of sp³-hybridized carbons (Fsp3) is 0.833. The van der Waals surface area contributed by atoms with E-state index in [1.54, 1.807) is 0 Å². The number of aliphatic hydroxyl groups is 3. The third-order valence-corrected chi connectivity index (χ3v) is 1.99. The Balaban J connectivity index is 4.17. The van der Waals surface area contributed by atoms with Crippen LogP contribution in [0.4, 0.5) is 0 Å². The maximum absolute atomic E-state index is 10.9. The lowest BCUT2D eigenvalue weighted by atomic mass is 10.1. The lowest BCUT2D eigenvalue weighted by Gasteiger charge is -2.18. The number of ketones is 1. The van der Waals surface area contributed by atoms with E-state index in [-0.39, 0.29) is 0 Å². The quantitative estimate of drug-likeness (QED) is 0.330. The largest absolute Gasteiger partial charge is 0.470 e. The highest BCUT2D eigenvalue weighted by Crippen LogP contribution is 2.35. The van der Waals surface area contributed by atoms with Crippen molar-refractivity contribution >= 4 is 13.6 Å². The highest BCUT2D eigenvalue weighted by atomic mass is 31.2. The van der Waals surface area contributed by atoms with Gasteiger partial charge in [0.2, 0.25) is 0 Å². The molecule has 0 saturated heterocycles. The molecule has 15 heavy (non-hydrogen) atoms. The first-order valence-electron chi connectivity index (χ1n) is 3.92. The van der Waals surface area contributed by atoms with Crippen LogP contribution in [0.2, 0.25) is 0 Å². The fourth-order valence-corrected chi connectivity index (χ4v) is 0.983. The summed E-state index contributed by atoms with van der Waals surface area (Å²) in [5.41, 5.74) is 0. The van der Waals surface area contributed by atoms with E-state index < -0.39 is 38.5 Å². The Morgan fingerprint density at radius 2 is 1.80 bits per heavy atom. The van der Waals surface area contributed by atoms with Crippen LogP contribution in [0.3, 0.4) is 0 Å². The first-order chi connectivity index (χ1) is 6.65.